The van der Waals surface area contributed by atoms with Gasteiger partial charge in [-0.05, 0) is 50.3 Å². The molecule has 1 heterocycles. The third kappa shape index (κ3) is 6.11. The second-order valence-electron chi connectivity index (χ2n) is 5.12. The van der Waals surface area contributed by atoms with Crippen LogP contribution in [-0.2, 0) is 6.42 Å². The molecule has 118 valence electrons. The molecular formula is C16H26IN3O. The number of ether oxygens (including phenoxy) is 1. The molecule has 4 nitrogen and oxygen atoms in total. The molecule has 21 heavy (non-hydrogen) atoms. The zero-order valence-electron chi connectivity index (χ0n) is 12.8. The van der Waals surface area contributed by atoms with Crippen LogP contribution in [0, 0.1) is 0 Å². The zero-order valence-corrected chi connectivity index (χ0v) is 15.1. The van der Waals surface area contributed by atoms with Crippen molar-refractivity contribution in [3.63, 3.8) is 0 Å². The van der Waals surface area contributed by atoms with Gasteiger partial charge in [0, 0.05) is 19.6 Å². The third-order valence-corrected chi connectivity index (χ3v) is 3.56. The number of piperidine rings is 1. The molecule has 1 aliphatic rings. The Morgan fingerprint density at radius 3 is 2.76 bits per heavy atom. The quantitative estimate of drug-likeness (QED) is 0.467. The fourth-order valence-electron chi connectivity index (χ4n) is 2.48. The van der Waals surface area contributed by atoms with E-state index in [-0.39, 0.29) is 24.0 Å². The number of likely N-dealkylation sites (tertiary alicyclic amines) is 1. The lowest BCUT2D eigenvalue weighted by Gasteiger charge is -2.27. The van der Waals surface area contributed by atoms with E-state index in [1.54, 1.807) is 0 Å². The lowest BCUT2D eigenvalue weighted by molar-refractivity contribution is 0.338. The Hall–Kier alpha value is -0.980. The molecule has 2 N–H and O–H groups in total. The average Bonchev–Trinajstić information content (AvgIpc) is 2.49. The maximum Gasteiger partial charge on any atom is 0.191 e. The molecule has 0 bridgehead atoms. The van der Waals surface area contributed by atoms with Crippen molar-refractivity contribution in [3.05, 3.63) is 29.8 Å². The van der Waals surface area contributed by atoms with Gasteiger partial charge in [-0.15, -0.1) is 24.0 Å². The van der Waals surface area contributed by atoms with Crippen molar-refractivity contribution in [1.82, 2.24) is 4.90 Å². The van der Waals surface area contributed by atoms with E-state index in [0.29, 0.717) is 12.6 Å². The van der Waals surface area contributed by atoms with Crippen molar-refractivity contribution in [2.75, 3.05) is 26.2 Å². The predicted octanol–water partition coefficient (Wildman–Crippen LogP) is 3.05. The highest BCUT2D eigenvalue weighted by atomic mass is 127. The first-order valence-electron chi connectivity index (χ1n) is 7.56. The first kappa shape index (κ1) is 18.1. The Kier molecular flexibility index (Phi) is 8.49. The lowest BCUT2D eigenvalue weighted by Crippen LogP contribution is -2.41. The molecular weight excluding hydrogens is 377 g/mol. The normalized spacial score (nSPS) is 15.5. The summed E-state index contributed by atoms with van der Waals surface area (Å²) in [6.07, 6.45) is 4.67. The topological polar surface area (TPSA) is 50.9 Å². The molecule has 1 aromatic rings. The van der Waals surface area contributed by atoms with Crippen LogP contribution in [0.1, 0.15) is 31.7 Å². The molecule has 2 rings (SSSR count). The van der Waals surface area contributed by atoms with Crippen molar-refractivity contribution in [2.45, 2.75) is 32.6 Å². The van der Waals surface area contributed by atoms with E-state index in [9.17, 15) is 0 Å². The van der Waals surface area contributed by atoms with E-state index in [1.807, 2.05) is 19.1 Å². The van der Waals surface area contributed by atoms with Gasteiger partial charge in [-0.1, -0.05) is 12.1 Å². The number of halogens is 1. The van der Waals surface area contributed by atoms with Crippen LogP contribution >= 0.6 is 24.0 Å². The molecule has 0 radical (unpaired) electrons. The minimum Gasteiger partial charge on any atom is -0.494 e. The Labute approximate surface area is 144 Å². The molecule has 0 spiro atoms. The van der Waals surface area contributed by atoms with Crippen LogP contribution in [0.15, 0.2) is 29.3 Å². The van der Waals surface area contributed by atoms with Crippen LogP contribution in [0.2, 0.25) is 0 Å². The minimum absolute atomic E-state index is 0. The van der Waals surface area contributed by atoms with E-state index in [2.05, 4.69) is 22.0 Å². The van der Waals surface area contributed by atoms with Crippen LogP contribution in [0.4, 0.5) is 0 Å². The molecule has 1 fully saturated rings. The van der Waals surface area contributed by atoms with Crippen LogP contribution in [-0.4, -0.2) is 37.1 Å². The maximum atomic E-state index is 6.04. The summed E-state index contributed by atoms with van der Waals surface area (Å²) >= 11 is 0. The smallest absolute Gasteiger partial charge is 0.191 e. The van der Waals surface area contributed by atoms with Crippen LogP contribution in [0.25, 0.3) is 0 Å². The van der Waals surface area contributed by atoms with Crippen molar-refractivity contribution in [3.8, 4) is 5.75 Å². The highest BCUT2D eigenvalue weighted by Gasteiger charge is 2.11. The molecule has 1 aromatic carbocycles. The van der Waals surface area contributed by atoms with E-state index in [1.165, 1.54) is 24.8 Å². The molecule has 0 atom stereocenters. The summed E-state index contributed by atoms with van der Waals surface area (Å²) in [4.78, 5) is 6.69. The Bertz CT molecular complexity index is 445. The molecule has 0 aromatic heterocycles. The average molecular weight is 403 g/mol. The van der Waals surface area contributed by atoms with E-state index >= 15 is 0 Å². The van der Waals surface area contributed by atoms with Crippen LogP contribution in [0.3, 0.4) is 0 Å². The largest absolute Gasteiger partial charge is 0.494 e. The SMILES string of the molecule is CCOc1cccc(CCN=C(N)N2CCCCC2)c1.I. The van der Waals surface area contributed by atoms with E-state index < -0.39 is 0 Å². The molecule has 0 unspecified atom stereocenters. The number of nitrogens with zero attached hydrogens (tertiary/aromatic N) is 2. The van der Waals surface area contributed by atoms with E-state index in [4.69, 9.17) is 10.5 Å². The van der Waals surface area contributed by atoms with Gasteiger partial charge in [-0.2, -0.15) is 0 Å². The number of hydrogen-bond donors (Lipinski definition) is 1. The molecule has 0 saturated carbocycles. The van der Waals surface area contributed by atoms with Gasteiger partial charge in [0.05, 0.1) is 6.61 Å². The molecule has 5 heteroatoms. The fraction of sp³-hybridized carbons (Fsp3) is 0.562. The van der Waals surface area contributed by atoms with Crippen molar-refractivity contribution >= 4 is 29.9 Å². The third-order valence-electron chi connectivity index (χ3n) is 3.56. The van der Waals surface area contributed by atoms with Gasteiger partial charge in [0.1, 0.15) is 5.75 Å². The van der Waals surface area contributed by atoms with Gasteiger partial charge in [0.2, 0.25) is 0 Å². The molecule has 1 saturated heterocycles. The summed E-state index contributed by atoms with van der Waals surface area (Å²) in [6.45, 7) is 5.53. The first-order valence-corrected chi connectivity index (χ1v) is 7.56. The van der Waals surface area contributed by atoms with Gasteiger partial charge in [-0.3, -0.25) is 4.99 Å². The molecule has 1 aliphatic heterocycles. The number of aliphatic imine (C=N–C) groups is 1. The number of rotatable bonds is 5. The predicted molar refractivity (Wildman–Crippen MR) is 98.6 cm³/mol. The monoisotopic (exact) mass is 403 g/mol. The standard InChI is InChI=1S/C16H25N3O.HI/c1-2-20-15-8-6-7-14(13-15)9-10-18-16(17)19-11-4-3-5-12-19;/h6-8,13H,2-5,9-12H2,1H3,(H2,17,18);1H. The van der Waals surface area contributed by atoms with Crippen molar-refractivity contribution in [2.24, 2.45) is 10.7 Å². The lowest BCUT2D eigenvalue weighted by atomic mass is 10.1. The summed E-state index contributed by atoms with van der Waals surface area (Å²) < 4.78 is 5.50. The van der Waals surface area contributed by atoms with Gasteiger partial charge >= 0.3 is 0 Å². The van der Waals surface area contributed by atoms with Crippen LogP contribution < -0.4 is 10.5 Å². The van der Waals surface area contributed by atoms with Crippen molar-refractivity contribution < 1.29 is 4.74 Å². The Morgan fingerprint density at radius 1 is 1.29 bits per heavy atom. The molecule has 0 aliphatic carbocycles. The number of hydrogen-bond acceptors (Lipinski definition) is 2. The molecule has 0 amide bonds. The van der Waals surface area contributed by atoms with Gasteiger partial charge in [0.15, 0.2) is 5.96 Å². The highest BCUT2D eigenvalue weighted by Crippen LogP contribution is 2.14. The summed E-state index contributed by atoms with van der Waals surface area (Å²) in [6, 6.07) is 8.20. The number of nitrogens with two attached hydrogens (primary N) is 1. The van der Waals surface area contributed by atoms with Crippen LogP contribution in [0.5, 0.6) is 5.75 Å². The second kappa shape index (κ2) is 9.87. The Morgan fingerprint density at radius 2 is 2.05 bits per heavy atom. The van der Waals surface area contributed by atoms with Gasteiger partial charge in [-0.25, -0.2) is 0 Å². The summed E-state index contributed by atoms with van der Waals surface area (Å²) in [7, 11) is 0. The second-order valence-corrected chi connectivity index (χ2v) is 5.12. The zero-order chi connectivity index (χ0) is 14.2. The van der Waals surface area contributed by atoms with Crippen molar-refractivity contribution in [1.29, 1.82) is 0 Å². The number of benzene rings is 1. The highest BCUT2D eigenvalue weighted by molar-refractivity contribution is 14.0. The maximum absolute atomic E-state index is 6.04. The minimum atomic E-state index is 0. The fourth-order valence-corrected chi connectivity index (χ4v) is 2.48. The van der Waals surface area contributed by atoms with Gasteiger partial charge < -0.3 is 15.4 Å². The Balaban J connectivity index is 0.00000220. The first-order chi connectivity index (χ1) is 9.79. The summed E-state index contributed by atoms with van der Waals surface area (Å²) in [5.41, 5.74) is 7.28. The summed E-state index contributed by atoms with van der Waals surface area (Å²) in [5.74, 6) is 1.63. The van der Waals surface area contributed by atoms with Gasteiger partial charge in [0.25, 0.3) is 0 Å². The van der Waals surface area contributed by atoms with E-state index in [0.717, 1.165) is 31.8 Å². The summed E-state index contributed by atoms with van der Waals surface area (Å²) in [5, 5.41) is 0. The number of guanidine groups is 1.